The summed E-state index contributed by atoms with van der Waals surface area (Å²) < 4.78 is 4.13. The maximum atomic E-state index is 4.96. The number of benzene rings is 8. The van der Waals surface area contributed by atoms with Crippen molar-refractivity contribution in [2.45, 2.75) is 80.7 Å². The number of rotatable bonds is 6. The maximum Gasteiger partial charge on any atom is 0.247 e. The van der Waals surface area contributed by atoms with Crippen molar-refractivity contribution in [1.82, 2.24) is 19.6 Å². The van der Waals surface area contributed by atoms with E-state index < -0.39 is 0 Å². The van der Waals surface area contributed by atoms with E-state index in [1.54, 1.807) is 0 Å². The van der Waals surface area contributed by atoms with Crippen LogP contribution in [0.3, 0.4) is 0 Å². The van der Waals surface area contributed by atoms with E-state index in [0.717, 1.165) is 22.5 Å². The fourth-order valence-corrected chi connectivity index (χ4v) is 18.2. The molecule has 0 fully saturated rings. The molecule has 0 spiro atoms. The summed E-state index contributed by atoms with van der Waals surface area (Å²) in [4.78, 5) is 11.9. The summed E-state index contributed by atoms with van der Waals surface area (Å²) >= 11 is 9.46. The van der Waals surface area contributed by atoms with Crippen molar-refractivity contribution in [2.24, 2.45) is 0 Å². The second-order valence-corrected chi connectivity index (χ2v) is 25.9. The molecule has 0 bridgehead atoms. The van der Waals surface area contributed by atoms with Gasteiger partial charge in [-0.15, -0.1) is 11.3 Å². The van der Waals surface area contributed by atoms with Crippen LogP contribution in [-0.4, -0.2) is 33.0 Å². The van der Waals surface area contributed by atoms with Crippen LogP contribution in [0.25, 0.3) is 55.2 Å². The first-order chi connectivity index (χ1) is 36.6. The van der Waals surface area contributed by atoms with Gasteiger partial charge in [-0.05, 0) is 187 Å². The smallest absolute Gasteiger partial charge is 0.240 e. The third-order valence-electron chi connectivity index (χ3n) is 15.6. The molecule has 0 aliphatic carbocycles. The van der Waals surface area contributed by atoms with Crippen molar-refractivity contribution in [3.8, 4) is 55.2 Å². The fourth-order valence-electron chi connectivity index (χ4n) is 12.6. The number of hydrogen-bond donors (Lipinski definition) is 0. The predicted octanol–water partition coefficient (Wildman–Crippen LogP) is 13.5. The molecule has 4 aliphatic heterocycles. The van der Waals surface area contributed by atoms with Gasteiger partial charge < -0.3 is 0 Å². The van der Waals surface area contributed by atoms with Crippen LogP contribution in [0.5, 0.6) is 0 Å². The molecule has 75 heavy (non-hydrogen) atoms. The van der Waals surface area contributed by atoms with Crippen LogP contribution in [0.4, 0.5) is 0 Å². The summed E-state index contributed by atoms with van der Waals surface area (Å²) in [6.07, 6.45) is 8.44. The molecule has 0 amide bonds. The Kier molecular flexibility index (Phi) is 10.7. The first kappa shape index (κ1) is 45.8. The van der Waals surface area contributed by atoms with Crippen LogP contribution in [0.1, 0.15) is 33.4 Å². The van der Waals surface area contributed by atoms with Crippen molar-refractivity contribution < 1.29 is 0 Å². The molecule has 4 aliphatic rings. The summed E-state index contributed by atoms with van der Waals surface area (Å²) in [6.45, 7) is 13.4. The third kappa shape index (κ3) is 7.48. The van der Waals surface area contributed by atoms with Crippen molar-refractivity contribution in [3.63, 3.8) is 0 Å². The van der Waals surface area contributed by atoms with Gasteiger partial charge in [0.05, 0.1) is 23.8 Å². The minimum atomic E-state index is 0.109. The van der Waals surface area contributed by atoms with E-state index in [1.165, 1.54) is 138 Å². The molecule has 0 unspecified atom stereocenters. The minimum absolute atomic E-state index is 0.109. The molecule has 0 atom stereocenters. The minimum Gasteiger partial charge on any atom is -0.240 e. The molecule has 7 heterocycles. The molecule has 15 rings (SSSR count). The first-order valence-electron chi connectivity index (χ1n) is 25.5. The van der Waals surface area contributed by atoms with Gasteiger partial charge in [0, 0.05) is 67.6 Å². The highest BCUT2D eigenvalue weighted by molar-refractivity contribution is 8.02. The number of nitrogens with zero attached hydrogens (tertiary/aromatic N) is 4. The van der Waals surface area contributed by atoms with Crippen molar-refractivity contribution in [2.75, 3.05) is 0 Å². The maximum absolute atomic E-state index is 4.96. The Morgan fingerprint density at radius 2 is 0.773 bits per heavy atom. The number of aryl methyl sites for hydroxylation is 6. The molecule has 0 saturated heterocycles. The predicted molar refractivity (Wildman–Crippen MR) is 320 cm³/mol. The summed E-state index contributed by atoms with van der Waals surface area (Å²) in [5, 5.41) is 12.3. The molecule has 11 heteroatoms. The van der Waals surface area contributed by atoms with Crippen LogP contribution in [-0.2, 0) is 0 Å². The van der Waals surface area contributed by atoms with Crippen molar-refractivity contribution >= 4 is 105 Å². The van der Waals surface area contributed by atoms with E-state index in [-0.39, 0.29) is 13.4 Å². The molecular formula is C64H46B2N4S5. The summed E-state index contributed by atoms with van der Waals surface area (Å²) in [5.41, 5.74) is 26.7. The van der Waals surface area contributed by atoms with Crippen LogP contribution in [0.15, 0.2) is 209 Å². The van der Waals surface area contributed by atoms with Crippen LogP contribution in [0.2, 0.25) is 0 Å². The monoisotopic (exact) mass is 1050 g/mol. The van der Waals surface area contributed by atoms with Gasteiger partial charge in [0.15, 0.2) is 0 Å². The zero-order valence-electron chi connectivity index (χ0n) is 42.2. The highest BCUT2D eigenvalue weighted by Crippen LogP contribution is 2.43. The normalized spacial score (nSPS) is 13.5. The molecule has 0 N–H and O–H groups in total. The third-order valence-corrected chi connectivity index (χ3v) is 21.3. The lowest BCUT2D eigenvalue weighted by Gasteiger charge is -2.33. The summed E-state index contributed by atoms with van der Waals surface area (Å²) in [6, 6.07) is 53.5. The summed E-state index contributed by atoms with van der Waals surface area (Å²) in [5.74, 6) is 0. The number of thiophene rings is 1. The van der Waals surface area contributed by atoms with Crippen LogP contribution >= 0.6 is 58.4 Å². The van der Waals surface area contributed by atoms with E-state index in [2.05, 4.69) is 208 Å². The van der Waals surface area contributed by atoms with E-state index in [0.29, 0.717) is 0 Å². The van der Waals surface area contributed by atoms with Gasteiger partial charge in [-0.2, -0.15) is 10.2 Å². The zero-order chi connectivity index (χ0) is 50.4. The highest BCUT2D eigenvalue weighted by Gasteiger charge is 2.40. The van der Waals surface area contributed by atoms with Crippen LogP contribution < -0.4 is 32.8 Å². The molecule has 4 nitrogen and oxygen atoms in total. The second kappa shape index (κ2) is 17.5. The number of hydrogen-bond acceptors (Lipinski definition) is 7. The van der Waals surface area contributed by atoms with E-state index in [1.807, 2.05) is 70.8 Å². The largest absolute Gasteiger partial charge is 0.247 e. The average molecular weight is 1050 g/mol. The quantitative estimate of drug-likeness (QED) is 0.154. The molecule has 11 aromatic rings. The van der Waals surface area contributed by atoms with Gasteiger partial charge in [-0.3, -0.25) is 0 Å². The first-order valence-corrected chi connectivity index (χ1v) is 29.6. The van der Waals surface area contributed by atoms with Gasteiger partial charge in [-0.25, -0.2) is 9.36 Å². The fraction of sp³-hybridized carbons (Fsp3) is 0.0938. The van der Waals surface area contributed by atoms with E-state index >= 15 is 0 Å². The molecular weight excluding hydrogens is 1010 g/mol. The molecule has 358 valence electrons. The number of aromatic nitrogens is 4. The van der Waals surface area contributed by atoms with Gasteiger partial charge in [0.2, 0.25) is 13.4 Å². The number of fused-ring (bicyclic) bond motifs is 8. The SMILES string of the molecule is Cc1cc(C)c(-c2cnn(-c3ccc4c(c3)B3c5cc(-c6csc(-c7ccc8c(c7)B7c9cc(-n%10cc(-c%11c(C)cc(C)cc%11C)cn%10)ccc9Sc9cccc(c97)S8)c6)ccc5Sc5cccc(c53)S4)c2)c(C)c1. The summed E-state index contributed by atoms with van der Waals surface area (Å²) in [7, 11) is 0. The average Bonchev–Trinajstić information content (AvgIpc) is 4.22. The molecule has 0 radical (unpaired) electrons. The highest BCUT2D eigenvalue weighted by atomic mass is 32.2. The topological polar surface area (TPSA) is 35.6 Å². The van der Waals surface area contributed by atoms with E-state index in [4.69, 9.17) is 10.2 Å². The van der Waals surface area contributed by atoms with Crippen LogP contribution in [0, 0.1) is 41.5 Å². The molecule has 0 saturated carbocycles. The Labute approximate surface area is 459 Å². The Morgan fingerprint density at radius 1 is 0.373 bits per heavy atom. The Bertz CT molecular complexity index is 3920. The lowest BCUT2D eigenvalue weighted by molar-refractivity contribution is 0.880. The van der Waals surface area contributed by atoms with Gasteiger partial charge in [-0.1, -0.05) is 141 Å². The standard InChI is InChI=1S/C64H46B2N4S5/c1-35-21-37(3)61(38(4)22-35)44-30-67-69(32-44)46-15-19-54-50(28-46)65-48-25-41(13-17-52(48)72-56-9-7-11-58(74-54)63(56)65)43-27-60(71-34-43)42-14-18-53-49(26-42)66-51-29-47(16-20-55(51)75-59-12-8-10-57(73-53)64(59)66)70-33-45(31-68-70)62-39(5)23-36(2)24-40(62)6/h7-34H,1-6H3. The van der Waals surface area contributed by atoms with Crippen molar-refractivity contribution in [3.05, 3.63) is 203 Å². The lowest BCUT2D eigenvalue weighted by atomic mass is 9.36. The Balaban J connectivity index is 0.778. The molecule has 8 aromatic carbocycles. The van der Waals surface area contributed by atoms with E-state index in [9.17, 15) is 0 Å². The zero-order valence-corrected chi connectivity index (χ0v) is 46.2. The Morgan fingerprint density at radius 3 is 1.23 bits per heavy atom. The van der Waals surface area contributed by atoms with Gasteiger partial charge in [0.25, 0.3) is 0 Å². The second-order valence-electron chi connectivity index (χ2n) is 20.7. The molecule has 3 aromatic heterocycles. The van der Waals surface area contributed by atoms with Crippen molar-refractivity contribution in [1.29, 1.82) is 0 Å². The Hall–Kier alpha value is -6.59. The van der Waals surface area contributed by atoms with Gasteiger partial charge in [0.1, 0.15) is 0 Å². The van der Waals surface area contributed by atoms with Gasteiger partial charge >= 0.3 is 0 Å². The lowest BCUT2D eigenvalue weighted by Crippen LogP contribution is -2.58.